The Balaban J connectivity index is 0.00000264. The standard InChI is InChI=1S/C18H30N4.HI/c1-3-4-12-20-18(19-2)21-17-10-13-22(14-11-17)15-16-8-6-5-7-9-16;/h5-9,17H,3-4,10-15H2,1-2H3,(H2,19,20,21);1H. The van der Waals surface area contributed by atoms with E-state index in [1.54, 1.807) is 0 Å². The molecular formula is C18H31IN4. The van der Waals surface area contributed by atoms with Crippen molar-refractivity contribution in [3.05, 3.63) is 35.9 Å². The summed E-state index contributed by atoms with van der Waals surface area (Å²) in [6, 6.07) is 11.3. The molecule has 23 heavy (non-hydrogen) atoms. The van der Waals surface area contributed by atoms with Gasteiger partial charge < -0.3 is 10.6 Å². The lowest BCUT2D eigenvalue weighted by atomic mass is 10.0. The SMILES string of the molecule is CCCCNC(=NC)NC1CCN(Cc2ccccc2)CC1.I. The summed E-state index contributed by atoms with van der Waals surface area (Å²) >= 11 is 0. The Morgan fingerprint density at radius 3 is 2.52 bits per heavy atom. The number of hydrogen-bond acceptors (Lipinski definition) is 2. The molecule has 0 amide bonds. The van der Waals surface area contributed by atoms with Crippen molar-refractivity contribution in [1.82, 2.24) is 15.5 Å². The van der Waals surface area contributed by atoms with Gasteiger partial charge in [0.2, 0.25) is 0 Å². The summed E-state index contributed by atoms with van der Waals surface area (Å²) in [5, 5.41) is 6.96. The van der Waals surface area contributed by atoms with E-state index in [4.69, 9.17) is 0 Å². The number of benzene rings is 1. The number of halogens is 1. The second-order valence-electron chi connectivity index (χ2n) is 6.03. The maximum atomic E-state index is 4.32. The van der Waals surface area contributed by atoms with Crippen LogP contribution in [0.2, 0.25) is 0 Å². The molecule has 5 heteroatoms. The van der Waals surface area contributed by atoms with E-state index in [1.165, 1.54) is 31.2 Å². The summed E-state index contributed by atoms with van der Waals surface area (Å²) in [6.07, 6.45) is 4.76. The number of piperidine rings is 1. The summed E-state index contributed by atoms with van der Waals surface area (Å²) < 4.78 is 0. The van der Waals surface area contributed by atoms with Gasteiger partial charge in [-0.15, -0.1) is 24.0 Å². The smallest absolute Gasteiger partial charge is 0.191 e. The summed E-state index contributed by atoms with van der Waals surface area (Å²) in [5.74, 6) is 0.954. The fourth-order valence-corrected chi connectivity index (χ4v) is 2.85. The molecule has 2 N–H and O–H groups in total. The predicted molar refractivity (Wildman–Crippen MR) is 110 cm³/mol. The molecule has 0 bridgehead atoms. The summed E-state index contributed by atoms with van der Waals surface area (Å²) in [7, 11) is 1.85. The first-order chi connectivity index (χ1) is 10.8. The van der Waals surface area contributed by atoms with Crippen LogP contribution in [0.1, 0.15) is 38.2 Å². The fourth-order valence-electron chi connectivity index (χ4n) is 2.85. The average Bonchev–Trinajstić information content (AvgIpc) is 2.57. The number of rotatable bonds is 6. The highest BCUT2D eigenvalue weighted by Gasteiger charge is 2.19. The number of unbranched alkanes of at least 4 members (excludes halogenated alkanes) is 1. The zero-order chi connectivity index (χ0) is 15.6. The molecule has 1 fully saturated rings. The second kappa shape index (κ2) is 11.7. The van der Waals surface area contributed by atoms with E-state index in [0.717, 1.165) is 32.1 Å². The van der Waals surface area contributed by atoms with Gasteiger partial charge in [-0.1, -0.05) is 43.7 Å². The van der Waals surface area contributed by atoms with Crippen molar-refractivity contribution in [3.8, 4) is 0 Å². The first-order valence-electron chi connectivity index (χ1n) is 8.55. The number of nitrogens with zero attached hydrogens (tertiary/aromatic N) is 2. The van der Waals surface area contributed by atoms with Gasteiger partial charge in [-0.3, -0.25) is 9.89 Å². The minimum absolute atomic E-state index is 0. The van der Waals surface area contributed by atoms with Crippen LogP contribution < -0.4 is 10.6 Å². The van der Waals surface area contributed by atoms with Crippen LogP contribution >= 0.6 is 24.0 Å². The molecule has 0 saturated carbocycles. The van der Waals surface area contributed by atoms with Gasteiger partial charge in [-0.2, -0.15) is 0 Å². The van der Waals surface area contributed by atoms with Crippen LogP contribution in [-0.4, -0.2) is 43.6 Å². The van der Waals surface area contributed by atoms with Gasteiger partial charge in [0.15, 0.2) is 5.96 Å². The molecule has 0 atom stereocenters. The number of guanidine groups is 1. The van der Waals surface area contributed by atoms with Crippen molar-refractivity contribution in [2.24, 2.45) is 4.99 Å². The predicted octanol–water partition coefficient (Wildman–Crippen LogP) is 3.23. The highest BCUT2D eigenvalue weighted by atomic mass is 127. The Hall–Kier alpha value is -0.820. The largest absolute Gasteiger partial charge is 0.356 e. The van der Waals surface area contributed by atoms with Gasteiger partial charge in [0.05, 0.1) is 0 Å². The van der Waals surface area contributed by atoms with Gasteiger partial charge in [0.25, 0.3) is 0 Å². The van der Waals surface area contributed by atoms with Crippen LogP contribution in [0.15, 0.2) is 35.3 Å². The molecule has 1 aromatic rings. The third kappa shape index (κ3) is 7.52. The Bertz CT molecular complexity index is 442. The minimum atomic E-state index is 0. The fraction of sp³-hybridized carbons (Fsp3) is 0.611. The topological polar surface area (TPSA) is 39.7 Å². The molecule has 1 aliphatic heterocycles. The van der Waals surface area contributed by atoms with Crippen molar-refractivity contribution in [2.75, 3.05) is 26.7 Å². The minimum Gasteiger partial charge on any atom is -0.356 e. The third-order valence-electron chi connectivity index (χ3n) is 4.22. The Labute approximate surface area is 158 Å². The van der Waals surface area contributed by atoms with Crippen LogP contribution in [0.25, 0.3) is 0 Å². The van der Waals surface area contributed by atoms with E-state index in [2.05, 4.69) is 57.8 Å². The molecule has 1 aromatic carbocycles. The van der Waals surface area contributed by atoms with Crippen LogP contribution in [0.4, 0.5) is 0 Å². The molecule has 0 aromatic heterocycles. The molecule has 0 radical (unpaired) electrons. The van der Waals surface area contributed by atoms with E-state index in [0.29, 0.717) is 6.04 Å². The Morgan fingerprint density at radius 2 is 1.91 bits per heavy atom. The van der Waals surface area contributed by atoms with Crippen molar-refractivity contribution < 1.29 is 0 Å². The maximum Gasteiger partial charge on any atom is 0.191 e. The van der Waals surface area contributed by atoms with Crippen molar-refractivity contribution in [1.29, 1.82) is 0 Å². The molecule has 1 heterocycles. The molecule has 0 aliphatic carbocycles. The highest BCUT2D eigenvalue weighted by molar-refractivity contribution is 14.0. The Morgan fingerprint density at radius 1 is 1.22 bits per heavy atom. The average molecular weight is 430 g/mol. The van der Waals surface area contributed by atoms with Crippen LogP contribution in [0.3, 0.4) is 0 Å². The summed E-state index contributed by atoms with van der Waals surface area (Å²) in [5.41, 5.74) is 1.41. The lowest BCUT2D eigenvalue weighted by Gasteiger charge is -2.33. The quantitative estimate of drug-likeness (QED) is 0.315. The van der Waals surface area contributed by atoms with Gasteiger partial charge in [0, 0.05) is 39.3 Å². The van der Waals surface area contributed by atoms with Gasteiger partial charge in [0.1, 0.15) is 0 Å². The molecular weight excluding hydrogens is 399 g/mol. The van der Waals surface area contributed by atoms with E-state index in [-0.39, 0.29) is 24.0 Å². The third-order valence-corrected chi connectivity index (χ3v) is 4.22. The lowest BCUT2D eigenvalue weighted by Crippen LogP contribution is -2.48. The van der Waals surface area contributed by atoms with E-state index >= 15 is 0 Å². The highest BCUT2D eigenvalue weighted by Crippen LogP contribution is 2.13. The first kappa shape index (κ1) is 20.2. The lowest BCUT2D eigenvalue weighted by molar-refractivity contribution is 0.198. The van der Waals surface area contributed by atoms with Gasteiger partial charge >= 0.3 is 0 Å². The molecule has 130 valence electrons. The molecule has 0 spiro atoms. The van der Waals surface area contributed by atoms with E-state index < -0.39 is 0 Å². The van der Waals surface area contributed by atoms with Gasteiger partial charge in [-0.05, 0) is 24.8 Å². The zero-order valence-corrected chi connectivity index (χ0v) is 16.8. The number of hydrogen-bond donors (Lipinski definition) is 2. The van der Waals surface area contributed by atoms with E-state index in [1.807, 2.05) is 7.05 Å². The molecule has 1 saturated heterocycles. The molecule has 1 aliphatic rings. The summed E-state index contributed by atoms with van der Waals surface area (Å²) in [4.78, 5) is 6.86. The first-order valence-corrected chi connectivity index (χ1v) is 8.55. The molecule has 2 rings (SSSR count). The zero-order valence-electron chi connectivity index (χ0n) is 14.4. The monoisotopic (exact) mass is 430 g/mol. The number of nitrogens with one attached hydrogen (secondary N) is 2. The molecule has 4 nitrogen and oxygen atoms in total. The van der Waals surface area contributed by atoms with Crippen LogP contribution in [0, 0.1) is 0 Å². The molecule has 0 unspecified atom stereocenters. The van der Waals surface area contributed by atoms with Gasteiger partial charge in [-0.25, -0.2) is 0 Å². The van der Waals surface area contributed by atoms with Crippen molar-refractivity contribution >= 4 is 29.9 Å². The maximum absolute atomic E-state index is 4.32. The van der Waals surface area contributed by atoms with Crippen LogP contribution in [-0.2, 0) is 6.54 Å². The van der Waals surface area contributed by atoms with Crippen molar-refractivity contribution in [2.45, 2.75) is 45.2 Å². The number of aliphatic imine (C=N–C) groups is 1. The summed E-state index contributed by atoms with van der Waals surface area (Å²) in [6.45, 7) is 6.58. The van der Waals surface area contributed by atoms with Crippen LogP contribution in [0.5, 0.6) is 0 Å². The normalized spacial score (nSPS) is 16.7. The Kier molecular flexibility index (Phi) is 10.3. The second-order valence-corrected chi connectivity index (χ2v) is 6.03. The van der Waals surface area contributed by atoms with E-state index in [9.17, 15) is 0 Å². The van der Waals surface area contributed by atoms with Crippen molar-refractivity contribution in [3.63, 3.8) is 0 Å². The number of likely N-dealkylation sites (tertiary alicyclic amines) is 1.